The first-order valence-corrected chi connectivity index (χ1v) is 8.25. The van der Waals surface area contributed by atoms with Gasteiger partial charge in [-0.05, 0) is 48.7 Å². The second kappa shape index (κ2) is 7.50. The Morgan fingerprint density at radius 3 is 2.43 bits per heavy atom. The summed E-state index contributed by atoms with van der Waals surface area (Å²) in [7, 11) is 0. The number of nitriles is 1. The van der Waals surface area contributed by atoms with Gasteiger partial charge in [-0.25, -0.2) is 0 Å². The summed E-state index contributed by atoms with van der Waals surface area (Å²) < 4.78 is 6.01. The van der Waals surface area contributed by atoms with E-state index in [1.54, 1.807) is 12.1 Å². The third-order valence-electron chi connectivity index (χ3n) is 4.17. The van der Waals surface area contributed by atoms with Crippen molar-refractivity contribution in [3.05, 3.63) is 64.7 Å². The Balaban J connectivity index is 1.50. The van der Waals surface area contributed by atoms with E-state index in [1.165, 1.54) is 5.56 Å². The normalized spacial score (nSPS) is 16.0. The predicted molar refractivity (Wildman–Crippen MR) is 91.5 cm³/mol. The van der Waals surface area contributed by atoms with Gasteiger partial charge in [0.25, 0.3) is 0 Å². The zero-order chi connectivity index (χ0) is 16.1. The van der Waals surface area contributed by atoms with E-state index in [0.717, 1.165) is 43.2 Å². The molecule has 118 valence electrons. The summed E-state index contributed by atoms with van der Waals surface area (Å²) in [6, 6.07) is 17.5. The van der Waals surface area contributed by atoms with Gasteiger partial charge >= 0.3 is 0 Å². The van der Waals surface area contributed by atoms with Gasteiger partial charge in [-0.2, -0.15) is 5.26 Å². The zero-order valence-corrected chi connectivity index (χ0v) is 13.7. The van der Waals surface area contributed by atoms with Gasteiger partial charge < -0.3 is 4.74 Å². The Kier molecular flexibility index (Phi) is 5.17. The number of hydrogen-bond acceptors (Lipinski definition) is 3. The lowest BCUT2D eigenvalue weighted by molar-refractivity contribution is 0.0968. The number of rotatable bonds is 4. The largest absolute Gasteiger partial charge is 0.490 e. The van der Waals surface area contributed by atoms with E-state index in [1.807, 2.05) is 30.3 Å². The molecule has 2 aromatic rings. The SMILES string of the molecule is N#Cc1ccc(OC2CCN(Cc3ccccc3Cl)CC2)cc1. The highest BCUT2D eigenvalue weighted by atomic mass is 35.5. The van der Waals surface area contributed by atoms with Gasteiger partial charge in [0.15, 0.2) is 0 Å². The van der Waals surface area contributed by atoms with Gasteiger partial charge in [-0.1, -0.05) is 29.8 Å². The van der Waals surface area contributed by atoms with Crippen LogP contribution in [0.1, 0.15) is 24.0 Å². The van der Waals surface area contributed by atoms with Crippen LogP contribution in [0, 0.1) is 11.3 Å². The molecule has 0 atom stereocenters. The van der Waals surface area contributed by atoms with Crippen molar-refractivity contribution in [2.24, 2.45) is 0 Å². The van der Waals surface area contributed by atoms with Crippen LogP contribution in [0.4, 0.5) is 0 Å². The van der Waals surface area contributed by atoms with Crippen LogP contribution in [-0.4, -0.2) is 24.1 Å². The van der Waals surface area contributed by atoms with E-state index in [0.29, 0.717) is 5.56 Å². The number of halogens is 1. The number of likely N-dealkylation sites (tertiary alicyclic amines) is 1. The van der Waals surface area contributed by atoms with E-state index in [4.69, 9.17) is 21.6 Å². The first kappa shape index (κ1) is 15.9. The maximum atomic E-state index is 8.81. The Labute approximate surface area is 142 Å². The summed E-state index contributed by atoms with van der Waals surface area (Å²) in [4.78, 5) is 2.42. The molecule has 4 heteroatoms. The van der Waals surface area contributed by atoms with Crippen molar-refractivity contribution in [1.29, 1.82) is 5.26 Å². The van der Waals surface area contributed by atoms with Gasteiger partial charge in [0.1, 0.15) is 11.9 Å². The molecule has 1 aliphatic rings. The molecule has 2 aromatic carbocycles. The van der Waals surface area contributed by atoms with Crippen LogP contribution in [0.2, 0.25) is 5.02 Å². The molecule has 23 heavy (non-hydrogen) atoms. The highest BCUT2D eigenvalue weighted by Crippen LogP contribution is 2.22. The second-order valence-corrected chi connectivity index (χ2v) is 6.23. The number of ether oxygens (including phenoxy) is 1. The summed E-state index contributed by atoms with van der Waals surface area (Å²) in [6.45, 7) is 2.90. The number of piperidine rings is 1. The van der Waals surface area contributed by atoms with E-state index in [-0.39, 0.29) is 6.10 Å². The molecule has 0 aliphatic carbocycles. The average molecular weight is 327 g/mol. The molecule has 0 radical (unpaired) electrons. The predicted octanol–water partition coefficient (Wildman–Crippen LogP) is 4.26. The molecular weight excluding hydrogens is 308 g/mol. The fourth-order valence-corrected chi connectivity index (χ4v) is 3.05. The minimum Gasteiger partial charge on any atom is -0.490 e. The molecular formula is C19H19ClN2O. The number of hydrogen-bond donors (Lipinski definition) is 0. The van der Waals surface area contributed by atoms with Crippen LogP contribution in [0.25, 0.3) is 0 Å². The molecule has 0 unspecified atom stereocenters. The van der Waals surface area contributed by atoms with Crippen molar-refractivity contribution in [3.63, 3.8) is 0 Å². The van der Waals surface area contributed by atoms with Crippen LogP contribution in [0.15, 0.2) is 48.5 Å². The Bertz CT molecular complexity index is 685. The lowest BCUT2D eigenvalue weighted by Gasteiger charge is -2.32. The van der Waals surface area contributed by atoms with Crippen LogP contribution >= 0.6 is 11.6 Å². The summed E-state index contributed by atoms with van der Waals surface area (Å²) in [5, 5.41) is 9.65. The lowest BCUT2D eigenvalue weighted by atomic mass is 10.1. The first-order chi connectivity index (χ1) is 11.2. The molecule has 1 aliphatic heterocycles. The van der Waals surface area contributed by atoms with Crippen molar-refractivity contribution in [3.8, 4) is 11.8 Å². The van der Waals surface area contributed by atoms with Crippen LogP contribution in [-0.2, 0) is 6.54 Å². The molecule has 1 heterocycles. The molecule has 0 bridgehead atoms. The molecule has 0 amide bonds. The monoisotopic (exact) mass is 326 g/mol. The molecule has 1 fully saturated rings. The molecule has 0 saturated carbocycles. The van der Waals surface area contributed by atoms with E-state index >= 15 is 0 Å². The van der Waals surface area contributed by atoms with Crippen LogP contribution < -0.4 is 4.74 Å². The van der Waals surface area contributed by atoms with E-state index in [9.17, 15) is 0 Å². The first-order valence-electron chi connectivity index (χ1n) is 7.87. The molecule has 0 spiro atoms. The lowest BCUT2D eigenvalue weighted by Crippen LogP contribution is -2.37. The van der Waals surface area contributed by atoms with Crippen molar-refractivity contribution < 1.29 is 4.74 Å². The molecule has 0 N–H and O–H groups in total. The Morgan fingerprint density at radius 2 is 1.78 bits per heavy atom. The second-order valence-electron chi connectivity index (χ2n) is 5.82. The minimum absolute atomic E-state index is 0.241. The molecule has 1 saturated heterocycles. The smallest absolute Gasteiger partial charge is 0.119 e. The quantitative estimate of drug-likeness (QED) is 0.842. The van der Waals surface area contributed by atoms with E-state index < -0.39 is 0 Å². The van der Waals surface area contributed by atoms with Crippen molar-refractivity contribution in [2.45, 2.75) is 25.5 Å². The molecule has 0 aromatic heterocycles. The fraction of sp³-hybridized carbons (Fsp3) is 0.316. The van der Waals surface area contributed by atoms with Crippen molar-refractivity contribution in [2.75, 3.05) is 13.1 Å². The maximum Gasteiger partial charge on any atom is 0.119 e. The van der Waals surface area contributed by atoms with Gasteiger partial charge in [0, 0.05) is 24.7 Å². The van der Waals surface area contributed by atoms with Gasteiger partial charge in [0.05, 0.1) is 11.6 Å². The average Bonchev–Trinajstić information content (AvgIpc) is 2.59. The van der Waals surface area contributed by atoms with Crippen molar-refractivity contribution >= 4 is 11.6 Å². The number of benzene rings is 2. The summed E-state index contributed by atoms with van der Waals surface area (Å²) in [5.74, 6) is 0.841. The maximum absolute atomic E-state index is 8.81. The van der Waals surface area contributed by atoms with Crippen molar-refractivity contribution in [1.82, 2.24) is 4.90 Å². The summed E-state index contributed by atoms with van der Waals surface area (Å²) in [5.41, 5.74) is 1.84. The zero-order valence-electron chi connectivity index (χ0n) is 12.9. The molecule has 3 rings (SSSR count). The standard InChI is InChI=1S/C19H19ClN2O/c20-19-4-2-1-3-16(19)14-22-11-9-18(10-12-22)23-17-7-5-15(13-21)6-8-17/h1-8,18H,9-12,14H2. The Hall–Kier alpha value is -2.02. The Morgan fingerprint density at radius 1 is 1.09 bits per heavy atom. The fourth-order valence-electron chi connectivity index (χ4n) is 2.85. The third-order valence-corrected chi connectivity index (χ3v) is 4.54. The van der Waals surface area contributed by atoms with E-state index in [2.05, 4.69) is 17.0 Å². The van der Waals surface area contributed by atoms with Crippen LogP contribution in [0.5, 0.6) is 5.75 Å². The minimum atomic E-state index is 0.241. The number of nitrogens with zero attached hydrogens (tertiary/aromatic N) is 2. The van der Waals surface area contributed by atoms with Crippen LogP contribution in [0.3, 0.4) is 0 Å². The highest BCUT2D eigenvalue weighted by molar-refractivity contribution is 6.31. The summed E-state index contributed by atoms with van der Waals surface area (Å²) in [6.07, 6.45) is 2.25. The third kappa shape index (κ3) is 4.25. The van der Waals surface area contributed by atoms with Gasteiger partial charge in [-0.3, -0.25) is 4.90 Å². The van der Waals surface area contributed by atoms with Gasteiger partial charge in [-0.15, -0.1) is 0 Å². The summed E-state index contributed by atoms with van der Waals surface area (Å²) >= 11 is 6.23. The van der Waals surface area contributed by atoms with Gasteiger partial charge in [0.2, 0.25) is 0 Å². The topological polar surface area (TPSA) is 36.3 Å². The molecule has 3 nitrogen and oxygen atoms in total. The highest BCUT2D eigenvalue weighted by Gasteiger charge is 2.21.